The number of nitrogens with two attached hydrogens (primary N) is 1. The van der Waals surface area contributed by atoms with Crippen LogP contribution in [0.1, 0.15) is 20.8 Å². The molecule has 1 heterocycles. The molecule has 0 aliphatic heterocycles. The molecule has 0 radical (unpaired) electrons. The minimum atomic E-state index is -1.02. The van der Waals surface area contributed by atoms with E-state index in [1.165, 1.54) is 0 Å². The van der Waals surface area contributed by atoms with Crippen LogP contribution in [0.4, 0.5) is 16.4 Å². The van der Waals surface area contributed by atoms with Crippen molar-refractivity contribution in [2.45, 2.75) is 33.4 Å². The van der Waals surface area contributed by atoms with Gasteiger partial charge in [0.2, 0.25) is 5.95 Å². The first kappa shape index (κ1) is 16.9. The molecule has 0 saturated heterocycles. The van der Waals surface area contributed by atoms with E-state index >= 15 is 0 Å². The summed E-state index contributed by atoms with van der Waals surface area (Å²) in [4.78, 5) is 17.7. The van der Waals surface area contributed by atoms with Gasteiger partial charge in [-0.3, -0.25) is 0 Å². The molecular formula is C16H25N5O2. The van der Waals surface area contributed by atoms with Crippen LogP contribution < -0.4 is 16.0 Å². The SMILES string of the molecule is CN(C)c1nc2cc(N)ccc2n1CC(NC(=O)O)C(C)(C)C. The number of fused-ring (bicyclic) bond motifs is 1. The quantitative estimate of drug-likeness (QED) is 0.752. The number of benzene rings is 1. The van der Waals surface area contributed by atoms with Gasteiger partial charge in [-0.15, -0.1) is 0 Å². The van der Waals surface area contributed by atoms with Crippen molar-refractivity contribution in [1.82, 2.24) is 14.9 Å². The Morgan fingerprint density at radius 3 is 2.61 bits per heavy atom. The largest absolute Gasteiger partial charge is 0.465 e. The molecule has 23 heavy (non-hydrogen) atoms. The van der Waals surface area contributed by atoms with Crippen LogP contribution in [0.2, 0.25) is 0 Å². The summed E-state index contributed by atoms with van der Waals surface area (Å²) < 4.78 is 2.03. The number of carboxylic acid groups (broad SMARTS) is 1. The van der Waals surface area contributed by atoms with E-state index in [2.05, 4.69) is 10.3 Å². The number of nitrogens with zero attached hydrogens (tertiary/aromatic N) is 3. The molecule has 2 rings (SSSR count). The Hall–Kier alpha value is -2.44. The second-order valence-corrected chi connectivity index (χ2v) is 7.03. The Morgan fingerprint density at radius 2 is 2.09 bits per heavy atom. The van der Waals surface area contributed by atoms with Crippen molar-refractivity contribution in [2.75, 3.05) is 24.7 Å². The third-order valence-electron chi connectivity index (χ3n) is 3.86. The van der Waals surface area contributed by atoms with Gasteiger partial charge in [0.15, 0.2) is 0 Å². The summed E-state index contributed by atoms with van der Waals surface area (Å²) in [6.45, 7) is 6.53. The number of hydrogen-bond acceptors (Lipinski definition) is 4. The fourth-order valence-electron chi connectivity index (χ4n) is 2.52. The van der Waals surface area contributed by atoms with Gasteiger partial charge in [0.05, 0.1) is 17.1 Å². The van der Waals surface area contributed by atoms with Gasteiger partial charge in [-0.2, -0.15) is 0 Å². The first-order valence-corrected chi connectivity index (χ1v) is 7.52. The molecule has 0 saturated carbocycles. The molecule has 1 amide bonds. The molecule has 126 valence electrons. The van der Waals surface area contributed by atoms with Crippen LogP contribution in [0, 0.1) is 5.41 Å². The highest BCUT2D eigenvalue weighted by Gasteiger charge is 2.28. The lowest BCUT2D eigenvalue weighted by Crippen LogP contribution is -2.46. The maximum Gasteiger partial charge on any atom is 0.404 e. The molecule has 0 bridgehead atoms. The maximum absolute atomic E-state index is 11.1. The predicted octanol–water partition coefficient (Wildman–Crippen LogP) is 2.37. The number of anilines is 2. The van der Waals surface area contributed by atoms with Crippen LogP contribution in [-0.4, -0.2) is 40.9 Å². The van der Waals surface area contributed by atoms with Gasteiger partial charge in [0, 0.05) is 26.3 Å². The van der Waals surface area contributed by atoms with Crippen molar-refractivity contribution in [2.24, 2.45) is 5.41 Å². The summed E-state index contributed by atoms with van der Waals surface area (Å²) in [7, 11) is 3.83. The average molecular weight is 319 g/mol. The topological polar surface area (TPSA) is 96.4 Å². The van der Waals surface area contributed by atoms with E-state index in [9.17, 15) is 4.79 Å². The van der Waals surface area contributed by atoms with Crippen LogP contribution in [-0.2, 0) is 6.54 Å². The molecule has 2 aromatic rings. The van der Waals surface area contributed by atoms with Gasteiger partial charge in [0.1, 0.15) is 0 Å². The molecule has 1 aromatic heterocycles. The monoisotopic (exact) mass is 319 g/mol. The molecule has 0 fully saturated rings. The van der Waals surface area contributed by atoms with Gasteiger partial charge < -0.3 is 25.6 Å². The third kappa shape index (κ3) is 3.67. The minimum Gasteiger partial charge on any atom is -0.465 e. The lowest BCUT2D eigenvalue weighted by atomic mass is 9.86. The standard InChI is InChI=1S/C16H25N5O2/c1-16(2,3)13(19-15(22)23)9-21-12-7-6-10(17)8-11(12)18-14(21)20(4)5/h6-8,13,19H,9,17H2,1-5H3,(H,22,23). The Morgan fingerprint density at radius 1 is 1.43 bits per heavy atom. The summed E-state index contributed by atoms with van der Waals surface area (Å²) >= 11 is 0. The van der Waals surface area contributed by atoms with Crippen LogP contribution in [0.5, 0.6) is 0 Å². The van der Waals surface area contributed by atoms with Gasteiger partial charge in [-0.05, 0) is 23.6 Å². The van der Waals surface area contributed by atoms with Crippen LogP contribution in [0.15, 0.2) is 18.2 Å². The van der Waals surface area contributed by atoms with E-state index in [1.807, 2.05) is 62.5 Å². The normalized spacial score (nSPS) is 13.1. The van der Waals surface area contributed by atoms with Crippen LogP contribution >= 0.6 is 0 Å². The highest BCUT2D eigenvalue weighted by molar-refractivity contribution is 5.82. The zero-order chi connectivity index (χ0) is 17.4. The summed E-state index contributed by atoms with van der Waals surface area (Å²) in [5, 5.41) is 11.8. The number of hydrogen-bond donors (Lipinski definition) is 3. The molecule has 4 N–H and O–H groups in total. The van der Waals surface area contributed by atoms with Gasteiger partial charge >= 0.3 is 6.09 Å². The van der Waals surface area contributed by atoms with E-state index in [0.29, 0.717) is 12.2 Å². The smallest absolute Gasteiger partial charge is 0.404 e. The molecule has 1 unspecified atom stereocenters. The van der Waals surface area contributed by atoms with Crippen molar-refractivity contribution < 1.29 is 9.90 Å². The van der Waals surface area contributed by atoms with E-state index in [4.69, 9.17) is 10.8 Å². The van der Waals surface area contributed by atoms with Gasteiger partial charge in [-0.25, -0.2) is 9.78 Å². The number of nitrogens with one attached hydrogen (secondary N) is 1. The maximum atomic E-state index is 11.1. The second kappa shape index (κ2) is 5.98. The third-order valence-corrected chi connectivity index (χ3v) is 3.86. The summed E-state index contributed by atoms with van der Waals surface area (Å²) in [5.74, 6) is 0.770. The second-order valence-electron chi connectivity index (χ2n) is 7.03. The average Bonchev–Trinajstić information content (AvgIpc) is 2.74. The number of imidazole rings is 1. The molecule has 1 aromatic carbocycles. The zero-order valence-corrected chi connectivity index (χ0v) is 14.3. The van der Waals surface area contributed by atoms with Crippen LogP contribution in [0.25, 0.3) is 11.0 Å². The Balaban J connectivity index is 2.51. The highest BCUT2D eigenvalue weighted by Crippen LogP contribution is 2.27. The van der Waals surface area contributed by atoms with E-state index < -0.39 is 6.09 Å². The molecule has 0 aliphatic carbocycles. The van der Waals surface area contributed by atoms with Crippen molar-refractivity contribution in [3.05, 3.63) is 18.2 Å². The van der Waals surface area contributed by atoms with E-state index in [1.54, 1.807) is 0 Å². The fourth-order valence-corrected chi connectivity index (χ4v) is 2.52. The molecule has 7 nitrogen and oxygen atoms in total. The molecule has 0 aliphatic rings. The molecule has 7 heteroatoms. The summed E-state index contributed by atoms with van der Waals surface area (Å²) in [5.41, 5.74) is 8.01. The van der Waals surface area contributed by atoms with Crippen LogP contribution in [0.3, 0.4) is 0 Å². The van der Waals surface area contributed by atoms with Crippen molar-refractivity contribution in [3.63, 3.8) is 0 Å². The van der Waals surface area contributed by atoms with E-state index in [-0.39, 0.29) is 11.5 Å². The molecule has 0 spiro atoms. The number of amides is 1. The Bertz CT molecular complexity index is 715. The summed E-state index contributed by atoms with van der Waals surface area (Å²) in [6.07, 6.45) is -1.02. The van der Waals surface area contributed by atoms with Crippen molar-refractivity contribution >= 4 is 28.8 Å². The number of aromatic nitrogens is 2. The number of nitrogen functional groups attached to an aromatic ring is 1. The van der Waals surface area contributed by atoms with Gasteiger partial charge in [0.25, 0.3) is 0 Å². The Kier molecular flexibility index (Phi) is 4.40. The van der Waals surface area contributed by atoms with Crippen molar-refractivity contribution in [1.29, 1.82) is 0 Å². The number of carbonyl (C=O) groups is 1. The lowest BCUT2D eigenvalue weighted by molar-refractivity contribution is 0.170. The first-order chi connectivity index (χ1) is 10.6. The predicted molar refractivity (Wildman–Crippen MR) is 92.9 cm³/mol. The fraction of sp³-hybridized carbons (Fsp3) is 0.500. The Labute approximate surface area is 136 Å². The number of rotatable bonds is 4. The minimum absolute atomic E-state index is 0.230. The van der Waals surface area contributed by atoms with E-state index in [0.717, 1.165) is 17.0 Å². The molecular weight excluding hydrogens is 294 g/mol. The highest BCUT2D eigenvalue weighted by atomic mass is 16.4. The first-order valence-electron chi connectivity index (χ1n) is 7.52. The lowest BCUT2D eigenvalue weighted by Gasteiger charge is -2.31. The zero-order valence-electron chi connectivity index (χ0n) is 14.3. The van der Waals surface area contributed by atoms with Crippen molar-refractivity contribution in [3.8, 4) is 0 Å². The summed E-state index contributed by atoms with van der Waals surface area (Å²) in [6, 6.07) is 5.32. The molecule has 1 atom stereocenters. The van der Waals surface area contributed by atoms with Gasteiger partial charge in [-0.1, -0.05) is 20.8 Å².